The second kappa shape index (κ2) is 4.44. The lowest BCUT2D eigenvalue weighted by Gasteiger charge is -2.14. The lowest BCUT2D eigenvalue weighted by atomic mass is 9.99. The lowest BCUT2D eigenvalue weighted by molar-refractivity contribution is -0.142. The number of aliphatic carboxylic acids is 1. The Morgan fingerprint density at radius 1 is 1.53 bits per heavy atom. The molecular formula is C11H14N2O3S. The molecular weight excluding hydrogens is 240 g/mol. The molecule has 1 N–H and O–H groups in total. The van der Waals surface area contributed by atoms with Gasteiger partial charge in [0.1, 0.15) is 4.88 Å². The fourth-order valence-electron chi connectivity index (χ4n) is 2.10. The van der Waals surface area contributed by atoms with E-state index in [1.165, 1.54) is 11.3 Å². The van der Waals surface area contributed by atoms with Crippen molar-refractivity contribution in [1.29, 1.82) is 0 Å². The van der Waals surface area contributed by atoms with E-state index in [1.807, 2.05) is 6.92 Å². The molecule has 1 amide bonds. The molecule has 1 aliphatic heterocycles. The number of rotatable bonds is 2. The fourth-order valence-corrected chi connectivity index (χ4v) is 2.87. The van der Waals surface area contributed by atoms with Gasteiger partial charge in [-0.3, -0.25) is 9.59 Å². The van der Waals surface area contributed by atoms with Gasteiger partial charge in [-0.2, -0.15) is 0 Å². The Hall–Kier alpha value is -1.43. The minimum absolute atomic E-state index is 0.00433. The summed E-state index contributed by atoms with van der Waals surface area (Å²) in [5.41, 5.74) is 2.35. The molecule has 5 nitrogen and oxygen atoms in total. The van der Waals surface area contributed by atoms with Crippen LogP contribution in [0.4, 0.5) is 0 Å². The Morgan fingerprint density at radius 2 is 2.24 bits per heavy atom. The van der Waals surface area contributed by atoms with Gasteiger partial charge in [-0.1, -0.05) is 6.92 Å². The smallest absolute Gasteiger partial charge is 0.308 e. The highest BCUT2D eigenvalue weighted by atomic mass is 32.1. The monoisotopic (exact) mass is 254 g/mol. The zero-order valence-corrected chi connectivity index (χ0v) is 10.5. The highest BCUT2D eigenvalue weighted by molar-refractivity contribution is 7.11. The normalized spacial score (nSPS) is 24.0. The van der Waals surface area contributed by atoms with Crippen LogP contribution in [0.5, 0.6) is 0 Å². The number of hydrogen-bond donors (Lipinski definition) is 1. The van der Waals surface area contributed by atoms with Gasteiger partial charge in [0, 0.05) is 13.1 Å². The van der Waals surface area contributed by atoms with Crippen LogP contribution in [0.15, 0.2) is 5.51 Å². The molecule has 1 fully saturated rings. The number of nitrogens with zero attached hydrogens (tertiary/aromatic N) is 2. The third-order valence-corrected chi connectivity index (χ3v) is 4.07. The van der Waals surface area contributed by atoms with E-state index in [-0.39, 0.29) is 11.8 Å². The number of carboxylic acid groups (broad SMARTS) is 1. The number of aryl methyl sites for hydroxylation is 1. The van der Waals surface area contributed by atoms with Crippen molar-refractivity contribution in [2.45, 2.75) is 13.8 Å². The molecule has 6 heteroatoms. The lowest BCUT2D eigenvalue weighted by Crippen LogP contribution is -2.29. The van der Waals surface area contributed by atoms with Crippen molar-refractivity contribution in [1.82, 2.24) is 9.88 Å². The van der Waals surface area contributed by atoms with E-state index in [0.717, 1.165) is 0 Å². The van der Waals surface area contributed by atoms with Gasteiger partial charge in [-0.25, -0.2) is 4.98 Å². The summed E-state index contributed by atoms with van der Waals surface area (Å²) in [7, 11) is 0. The zero-order chi connectivity index (χ0) is 12.6. The summed E-state index contributed by atoms with van der Waals surface area (Å²) in [6.45, 7) is 4.46. The Morgan fingerprint density at radius 3 is 2.71 bits per heavy atom. The number of amides is 1. The van der Waals surface area contributed by atoms with E-state index in [4.69, 9.17) is 5.11 Å². The summed E-state index contributed by atoms with van der Waals surface area (Å²) < 4.78 is 0. The Balaban J connectivity index is 2.13. The summed E-state index contributed by atoms with van der Waals surface area (Å²) in [5, 5.41) is 9.02. The van der Waals surface area contributed by atoms with Crippen molar-refractivity contribution >= 4 is 23.2 Å². The van der Waals surface area contributed by atoms with Gasteiger partial charge in [0.05, 0.1) is 17.1 Å². The van der Waals surface area contributed by atoms with Crippen LogP contribution in [0, 0.1) is 18.8 Å². The number of hydrogen-bond acceptors (Lipinski definition) is 4. The third kappa shape index (κ3) is 2.17. The van der Waals surface area contributed by atoms with Crippen LogP contribution >= 0.6 is 11.3 Å². The predicted molar refractivity (Wildman–Crippen MR) is 63.0 cm³/mol. The average molecular weight is 254 g/mol. The Kier molecular flexibility index (Phi) is 3.15. The van der Waals surface area contributed by atoms with E-state index in [9.17, 15) is 9.59 Å². The minimum atomic E-state index is -0.825. The first-order valence-electron chi connectivity index (χ1n) is 5.43. The molecule has 1 aromatic rings. The number of aromatic nitrogens is 1. The van der Waals surface area contributed by atoms with Crippen molar-refractivity contribution < 1.29 is 14.7 Å². The summed E-state index contributed by atoms with van der Waals surface area (Å²) in [4.78, 5) is 29.4. The van der Waals surface area contributed by atoms with Gasteiger partial charge in [0.25, 0.3) is 5.91 Å². The topological polar surface area (TPSA) is 70.5 Å². The first-order chi connectivity index (χ1) is 8.00. The standard InChI is InChI=1S/C11H14N2O3S/c1-6-3-13(4-8(6)11(15)16)10(14)9-7(2)12-5-17-9/h5-6,8H,3-4H2,1-2H3,(H,15,16)/t6-,8-/m1/s1. The maximum atomic E-state index is 12.1. The van der Waals surface area contributed by atoms with E-state index in [0.29, 0.717) is 23.7 Å². The summed E-state index contributed by atoms with van der Waals surface area (Å²) in [5.74, 6) is -1.37. The molecule has 0 radical (unpaired) electrons. The molecule has 2 atom stereocenters. The summed E-state index contributed by atoms with van der Waals surface area (Å²) in [6.07, 6.45) is 0. The van der Waals surface area contributed by atoms with Crippen LogP contribution in [0.3, 0.4) is 0 Å². The first kappa shape index (κ1) is 12.0. The molecule has 0 bridgehead atoms. The molecule has 0 spiro atoms. The highest BCUT2D eigenvalue weighted by Crippen LogP contribution is 2.26. The van der Waals surface area contributed by atoms with Crippen LogP contribution in [0.1, 0.15) is 22.3 Å². The van der Waals surface area contributed by atoms with Gasteiger partial charge in [-0.15, -0.1) is 11.3 Å². The zero-order valence-electron chi connectivity index (χ0n) is 9.71. The van der Waals surface area contributed by atoms with Crippen LogP contribution < -0.4 is 0 Å². The molecule has 0 saturated carbocycles. The SMILES string of the molecule is Cc1ncsc1C(=O)N1C[C@@H](C)[C@H](C(=O)O)C1. The molecule has 92 valence electrons. The van der Waals surface area contributed by atoms with Crippen molar-refractivity contribution in [2.75, 3.05) is 13.1 Å². The van der Waals surface area contributed by atoms with Gasteiger partial charge in [0.15, 0.2) is 0 Å². The number of carbonyl (C=O) groups is 2. The number of carbonyl (C=O) groups excluding carboxylic acids is 1. The fraction of sp³-hybridized carbons (Fsp3) is 0.545. The maximum Gasteiger partial charge on any atom is 0.308 e. The number of likely N-dealkylation sites (tertiary alicyclic amines) is 1. The van der Waals surface area contributed by atoms with Gasteiger partial charge >= 0.3 is 5.97 Å². The van der Waals surface area contributed by atoms with Crippen LogP contribution in [0.25, 0.3) is 0 Å². The second-order valence-electron chi connectivity index (χ2n) is 4.40. The molecule has 1 aromatic heterocycles. The average Bonchev–Trinajstić information content (AvgIpc) is 2.83. The van der Waals surface area contributed by atoms with E-state index in [2.05, 4.69) is 4.98 Å². The molecule has 2 heterocycles. The van der Waals surface area contributed by atoms with Crippen molar-refractivity contribution in [3.05, 3.63) is 16.1 Å². The largest absolute Gasteiger partial charge is 0.481 e. The van der Waals surface area contributed by atoms with Crippen LogP contribution in [-0.4, -0.2) is 40.0 Å². The molecule has 2 rings (SSSR count). The van der Waals surface area contributed by atoms with Crippen LogP contribution in [0.2, 0.25) is 0 Å². The quantitative estimate of drug-likeness (QED) is 0.862. The Bertz CT molecular complexity index is 457. The summed E-state index contributed by atoms with van der Waals surface area (Å²) in [6, 6.07) is 0. The van der Waals surface area contributed by atoms with Crippen molar-refractivity contribution in [3.63, 3.8) is 0 Å². The molecule has 0 aromatic carbocycles. The molecule has 1 saturated heterocycles. The first-order valence-corrected chi connectivity index (χ1v) is 6.31. The van der Waals surface area contributed by atoms with Crippen molar-refractivity contribution in [3.8, 4) is 0 Å². The van der Waals surface area contributed by atoms with E-state index in [1.54, 1.807) is 17.3 Å². The number of thiazole rings is 1. The highest BCUT2D eigenvalue weighted by Gasteiger charge is 2.37. The summed E-state index contributed by atoms with van der Waals surface area (Å²) >= 11 is 1.31. The minimum Gasteiger partial charge on any atom is -0.481 e. The van der Waals surface area contributed by atoms with Gasteiger partial charge in [-0.05, 0) is 12.8 Å². The maximum absolute atomic E-state index is 12.1. The van der Waals surface area contributed by atoms with Crippen molar-refractivity contribution in [2.24, 2.45) is 11.8 Å². The Labute approximate surface area is 103 Å². The van der Waals surface area contributed by atoms with E-state index >= 15 is 0 Å². The second-order valence-corrected chi connectivity index (χ2v) is 5.25. The molecule has 1 aliphatic rings. The predicted octanol–water partition coefficient (Wildman–Crippen LogP) is 1.24. The van der Waals surface area contributed by atoms with Gasteiger partial charge < -0.3 is 10.0 Å². The molecule has 17 heavy (non-hydrogen) atoms. The number of carboxylic acids is 1. The molecule has 0 unspecified atom stereocenters. The third-order valence-electron chi connectivity index (χ3n) is 3.16. The van der Waals surface area contributed by atoms with Gasteiger partial charge in [0.2, 0.25) is 0 Å². The molecule has 0 aliphatic carbocycles. The van der Waals surface area contributed by atoms with Crippen LogP contribution in [-0.2, 0) is 4.79 Å². The van der Waals surface area contributed by atoms with E-state index < -0.39 is 11.9 Å².